The van der Waals surface area contributed by atoms with Crippen LogP contribution in [0.2, 0.25) is 5.02 Å². The third-order valence-corrected chi connectivity index (χ3v) is 3.88. The van der Waals surface area contributed by atoms with Crippen LogP contribution < -0.4 is 10.1 Å². The molecule has 1 fully saturated rings. The first-order valence-electron chi connectivity index (χ1n) is 7.01. The lowest BCUT2D eigenvalue weighted by Gasteiger charge is -2.27. The second kappa shape index (κ2) is 9.13. The topological polar surface area (TPSA) is 41.6 Å². The Hall–Kier alpha value is -0.970. The average Bonchev–Trinajstić information content (AvgIpc) is 2.73. The molecule has 1 heterocycles. The number of carbonyl (C=O) groups excluding carboxylic acids is 1. The summed E-state index contributed by atoms with van der Waals surface area (Å²) in [6.07, 6.45) is 3.16. The van der Waals surface area contributed by atoms with Crippen molar-refractivity contribution in [2.45, 2.75) is 25.3 Å². The van der Waals surface area contributed by atoms with Gasteiger partial charge in [0.1, 0.15) is 5.75 Å². The van der Waals surface area contributed by atoms with E-state index in [1.54, 1.807) is 18.2 Å². The zero-order chi connectivity index (χ0) is 14.4. The summed E-state index contributed by atoms with van der Waals surface area (Å²) in [4.78, 5) is 14.0. The van der Waals surface area contributed by atoms with Crippen LogP contribution in [-0.4, -0.2) is 43.6 Å². The Morgan fingerprint density at radius 3 is 3.00 bits per heavy atom. The minimum Gasteiger partial charge on any atom is -0.484 e. The molecule has 118 valence electrons. The quantitative estimate of drug-likeness (QED) is 0.921. The van der Waals surface area contributed by atoms with E-state index in [0.29, 0.717) is 16.8 Å². The molecule has 1 amide bonds. The fourth-order valence-electron chi connectivity index (χ4n) is 2.40. The number of rotatable bonds is 4. The highest BCUT2D eigenvalue weighted by molar-refractivity contribution is 6.30. The first-order chi connectivity index (χ1) is 9.66. The van der Waals surface area contributed by atoms with Crippen molar-refractivity contribution in [3.8, 4) is 5.75 Å². The summed E-state index contributed by atoms with van der Waals surface area (Å²) >= 11 is 5.88. The van der Waals surface area contributed by atoms with Gasteiger partial charge in [-0.3, -0.25) is 4.79 Å². The lowest BCUT2D eigenvalue weighted by atomic mass is 10.1. The number of benzene rings is 1. The maximum atomic E-state index is 12.2. The SMILES string of the molecule is CN(C(=O)COc1cccc(Cl)c1)C1CCCNCC1.Cl. The molecule has 1 atom stereocenters. The van der Waals surface area contributed by atoms with E-state index in [2.05, 4.69) is 5.32 Å². The van der Waals surface area contributed by atoms with Gasteiger partial charge in [-0.2, -0.15) is 0 Å². The molecular weight excluding hydrogens is 311 g/mol. The summed E-state index contributed by atoms with van der Waals surface area (Å²) in [6, 6.07) is 7.41. The van der Waals surface area contributed by atoms with Crippen LogP contribution in [0, 0.1) is 0 Å². The van der Waals surface area contributed by atoms with E-state index in [4.69, 9.17) is 16.3 Å². The third kappa shape index (κ3) is 5.73. The molecule has 1 aliphatic heterocycles. The molecule has 0 saturated carbocycles. The van der Waals surface area contributed by atoms with Crippen molar-refractivity contribution >= 4 is 29.9 Å². The van der Waals surface area contributed by atoms with Crippen LogP contribution in [0.15, 0.2) is 24.3 Å². The van der Waals surface area contributed by atoms with Crippen molar-refractivity contribution in [3.05, 3.63) is 29.3 Å². The van der Waals surface area contributed by atoms with Crippen LogP contribution in [0.5, 0.6) is 5.75 Å². The minimum absolute atomic E-state index is 0. The van der Waals surface area contributed by atoms with E-state index in [1.165, 1.54) is 0 Å². The number of amides is 1. The Bertz CT molecular complexity index is 449. The minimum atomic E-state index is 0. The van der Waals surface area contributed by atoms with Crippen LogP contribution in [-0.2, 0) is 4.79 Å². The standard InChI is InChI=1S/C15H21ClN2O2.ClH/c1-18(13-5-3-8-17-9-7-13)15(19)11-20-14-6-2-4-12(16)10-14;/h2,4,6,10,13,17H,3,5,7-9,11H2,1H3;1H. The second-order valence-electron chi connectivity index (χ2n) is 5.09. The Morgan fingerprint density at radius 2 is 2.24 bits per heavy atom. The van der Waals surface area contributed by atoms with Crippen molar-refractivity contribution in [3.63, 3.8) is 0 Å². The molecule has 1 aromatic carbocycles. The fraction of sp³-hybridized carbons (Fsp3) is 0.533. The molecule has 1 N–H and O–H groups in total. The largest absolute Gasteiger partial charge is 0.484 e. The van der Waals surface area contributed by atoms with Gasteiger partial charge in [0.2, 0.25) is 0 Å². The van der Waals surface area contributed by atoms with Crippen LogP contribution in [0.3, 0.4) is 0 Å². The summed E-state index contributed by atoms with van der Waals surface area (Å²) in [5.74, 6) is 0.638. The van der Waals surface area contributed by atoms with Gasteiger partial charge in [0.15, 0.2) is 6.61 Å². The van der Waals surface area contributed by atoms with Crippen molar-refractivity contribution < 1.29 is 9.53 Å². The summed E-state index contributed by atoms with van der Waals surface area (Å²) in [5.41, 5.74) is 0. The maximum absolute atomic E-state index is 12.2. The summed E-state index contributed by atoms with van der Waals surface area (Å²) in [7, 11) is 1.86. The molecule has 21 heavy (non-hydrogen) atoms. The molecule has 0 bridgehead atoms. The number of ether oxygens (including phenoxy) is 1. The van der Waals surface area contributed by atoms with Gasteiger partial charge in [-0.25, -0.2) is 0 Å². The van der Waals surface area contributed by atoms with E-state index < -0.39 is 0 Å². The molecule has 0 spiro atoms. The second-order valence-corrected chi connectivity index (χ2v) is 5.52. The van der Waals surface area contributed by atoms with E-state index in [1.807, 2.05) is 18.0 Å². The van der Waals surface area contributed by atoms with Crippen molar-refractivity contribution in [1.82, 2.24) is 10.2 Å². The smallest absolute Gasteiger partial charge is 0.260 e. The number of nitrogens with zero attached hydrogens (tertiary/aromatic N) is 1. The van der Waals surface area contributed by atoms with Gasteiger partial charge in [0, 0.05) is 18.1 Å². The van der Waals surface area contributed by atoms with E-state index in [9.17, 15) is 4.79 Å². The normalized spacial score (nSPS) is 18.3. The van der Waals surface area contributed by atoms with E-state index in [-0.39, 0.29) is 24.9 Å². The molecule has 2 rings (SSSR count). The Kier molecular flexibility index (Phi) is 7.86. The van der Waals surface area contributed by atoms with Crippen LogP contribution >= 0.6 is 24.0 Å². The van der Waals surface area contributed by atoms with Crippen molar-refractivity contribution in [2.75, 3.05) is 26.7 Å². The number of likely N-dealkylation sites (N-methyl/N-ethyl adjacent to an activating group) is 1. The zero-order valence-corrected chi connectivity index (χ0v) is 13.8. The lowest BCUT2D eigenvalue weighted by molar-refractivity contribution is -0.134. The van der Waals surface area contributed by atoms with Gasteiger partial charge in [0.05, 0.1) is 0 Å². The molecule has 1 aromatic rings. The highest BCUT2D eigenvalue weighted by Gasteiger charge is 2.21. The molecular formula is C15H22Cl2N2O2. The first-order valence-corrected chi connectivity index (χ1v) is 7.39. The summed E-state index contributed by atoms with van der Waals surface area (Å²) < 4.78 is 5.50. The summed E-state index contributed by atoms with van der Waals surface area (Å²) in [5, 5.41) is 3.96. The van der Waals surface area contributed by atoms with Crippen LogP contribution in [0.1, 0.15) is 19.3 Å². The van der Waals surface area contributed by atoms with Gasteiger partial charge in [-0.15, -0.1) is 12.4 Å². The molecule has 1 saturated heterocycles. The predicted molar refractivity (Wildman–Crippen MR) is 87.5 cm³/mol. The first kappa shape index (κ1) is 18.1. The van der Waals surface area contributed by atoms with Crippen molar-refractivity contribution in [2.24, 2.45) is 0 Å². The molecule has 1 aliphatic rings. The molecule has 0 aliphatic carbocycles. The van der Waals surface area contributed by atoms with Gasteiger partial charge in [-0.05, 0) is 50.6 Å². The highest BCUT2D eigenvalue weighted by Crippen LogP contribution is 2.17. The van der Waals surface area contributed by atoms with E-state index >= 15 is 0 Å². The molecule has 1 unspecified atom stereocenters. The number of halogens is 2. The summed E-state index contributed by atoms with van der Waals surface area (Å²) in [6.45, 7) is 2.07. The maximum Gasteiger partial charge on any atom is 0.260 e. The average molecular weight is 333 g/mol. The zero-order valence-electron chi connectivity index (χ0n) is 12.2. The number of nitrogens with one attached hydrogen (secondary N) is 1. The predicted octanol–water partition coefficient (Wildman–Crippen LogP) is 2.74. The van der Waals surface area contributed by atoms with E-state index in [0.717, 1.165) is 32.4 Å². The van der Waals surface area contributed by atoms with Gasteiger partial charge < -0.3 is 15.0 Å². The fourth-order valence-corrected chi connectivity index (χ4v) is 2.58. The number of hydrogen-bond acceptors (Lipinski definition) is 3. The highest BCUT2D eigenvalue weighted by atomic mass is 35.5. The van der Waals surface area contributed by atoms with Crippen LogP contribution in [0.25, 0.3) is 0 Å². The van der Waals surface area contributed by atoms with Gasteiger partial charge >= 0.3 is 0 Å². The Morgan fingerprint density at radius 1 is 1.43 bits per heavy atom. The van der Waals surface area contributed by atoms with Crippen LogP contribution in [0.4, 0.5) is 0 Å². The third-order valence-electron chi connectivity index (χ3n) is 3.64. The van der Waals surface area contributed by atoms with Crippen molar-refractivity contribution in [1.29, 1.82) is 0 Å². The number of hydrogen-bond donors (Lipinski definition) is 1. The Balaban J connectivity index is 0.00000220. The molecule has 0 aromatic heterocycles. The molecule has 6 heteroatoms. The van der Waals surface area contributed by atoms with Gasteiger partial charge in [-0.1, -0.05) is 17.7 Å². The number of carbonyl (C=O) groups is 1. The molecule has 4 nitrogen and oxygen atoms in total. The monoisotopic (exact) mass is 332 g/mol. The lowest BCUT2D eigenvalue weighted by Crippen LogP contribution is -2.40. The Labute approximate surface area is 137 Å². The van der Waals surface area contributed by atoms with Gasteiger partial charge in [0.25, 0.3) is 5.91 Å². The molecule has 0 radical (unpaired) electrons.